The average molecular weight is 352 g/mol. The minimum absolute atomic E-state index is 0.163. The number of aliphatic hydroxyl groups excluding tert-OH is 1. The Kier molecular flexibility index (Phi) is 4.12. The Balaban J connectivity index is 2.11. The molecule has 0 aromatic heterocycles. The molecule has 0 amide bonds. The fourth-order valence-electron chi connectivity index (χ4n) is 2.79. The zero-order valence-corrected chi connectivity index (χ0v) is 14.5. The Morgan fingerprint density at radius 1 is 1.17 bits per heavy atom. The summed E-state index contributed by atoms with van der Waals surface area (Å²) in [6, 6.07) is 10.2. The molecule has 0 radical (unpaired) electrons. The highest BCUT2D eigenvalue weighted by atomic mass is 35.5. The van der Waals surface area contributed by atoms with Gasteiger partial charge in [0, 0.05) is 17.1 Å². The van der Waals surface area contributed by atoms with E-state index < -0.39 is 16.1 Å². The quantitative estimate of drug-likeness (QED) is 0.899. The van der Waals surface area contributed by atoms with Gasteiger partial charge in [0.2, 0.25) is 0 Å². The number of sulfonamides is 1. The minimum atomic E-state index is -3.71. The van der Waals surface area contributed by atoms with E-state index in [0.717, 1.165) is 11.1 Å². The third kappa shape index (κ3) is 2.84. The second-order valence-electron chi connectivity index (χ2n) is 5.85. The van der Waals surface area contributed by atoms with E-state index in [1.165, 1.54) is 10.4 Å². The number of benzene rings is 2. The minimum Gasteiger partial charge on any atom is -0.388 e. The van der Waals surface area contributed by atoms with Gasteiger partial charge >= 0.3 is 0 Å². The lowest BCUT2D eigenvalue weighted by molar-refractivity contribution is 0.166. The Morgan fingerprint density at radius 2 is 1.91 bits per heavy atom. The molecule has 1 aliphatic rings. The van der Waals surface area contributed by atoms with Gasteiger partial charge in [-0.1, -0.05) is 35.4 Å². The molecule has 0 spiro atoms. The summed E-state index contributed by atoms with van der Waals surface area (Å²) in [5.74, 6) is 0. The Labute approximate surface area is 141 Å². The van der Waals surface area contributed by atoms with E-state index in [-0.39, 0.29) is 11.4 Å². The Hall–Kier alpha value is -1.56. The number of aryl methyl sites for hydroxylation is 2. The lowest BCUT2D eigenvalue weighted by atomic mass is 9.99. The molecule has 0 saturated heterocycles. The van der Waals surface area contributed by atoms with E-state index in [1.807, 2.05) is 26.0 Å². The number of halogens is 1. The van der Waals surface area contributed by atoms with E-state index in [0.29, 0.717) is 22.7 Å². The molecule has 0 saturated carbocycles. The highest BCUT2D eigenvalue weighted by molar-refractivity contribution is 7.92. The predicted octanol–water partition coefficient (Wildman–Crippen LogP) is 3.59. The molecular weight excluding hydrogens is 334 g/mol. The maximum absolute atomic E-state index is 13.0. The van der Waals surface area contributed by atoms with Crippen molar-refractivity contribution in [3.8, 4) is 0 Å². The molecule has 0 fully saturated rings. The molecule has 2 aromatic rings. The van der Waals surface area contributed by atoms with E-state index in [1.54, 1.807) is 18.2 Å². The molecule has 4 nitrogen and oxygen atoms in total. The van der Waals surface area contributed by atoms with Gasteiger partial charge in [-0.05, 0) is 44.0 Å². The lowest BCUT2D eigenvalue weighted by Gasteiger charge is -2.33. The van der Waals surface area contributed by atoms with Gasteiger partial charge < -0.3 is 5.11 Å². The molecule has 0 aliphatic carbocycles. The standard InChI is InChI=1S/C17H18ClNO3S/c1-11-3-6-16-14(9-11)17(20)7-8-19(16)23(21,22)13-5-4-12(2)15(18)10-13/h3-6,9-10,17,20H,7-8H2,1-2H3. The maximum Gasteiger partial charge on any atom is 0.264 e. The van der Waals surface area contributed by atoms with Gasteiger partial charge in [0.05, 0.1) is 16.7 Å². The van der Waals surface area contributed by atoms with Gasteiger partial charge in [-0.25, -0.2) is 8.42 Å². The van der Waals surface area contributed by atoms with Gasteiger partial charge in [0.15, 0.2) is 0 Å². The van der Waals surface area contributed by atoms with Crippen molar-refractivity contribution in [2.24, 2.45) is 0 Å². The summed E-state index contributed by atoms with van der Waals surface area (Å²) >= 11 is 6.08. The first kappa shape index (κ1) is 16.3. The molecule has 0 bridgehead atoms. The van der Waals surface area contributed by atoms with Crippen molar-refractivity contribution < 1.29 is 13.5 Å². The van der Waals surface area contributed by atoms with Crippen molar-refractivity contribution in [3.63, 3.8) is 0 Å². The van der Waals surface area contributed by atoms with Crippen LogP contribution in [0.4, 0.5) is 5.69 Å². The van der Waals surface area contributed by atoms with Crippen LogP contribution < -0.4 is 4.31 Å². The van der Waals surface area contributed by atoms with Crippen LogP contribution in [-0.2, 0) is 10.0 Å². The van der Waals surface area contributed by atoms with Gasteiger partial charge in [-0.3, -0.25) is 4.31 Å². The fraction of sp³-hybridized carbons (Fsp3) is 0.294. The molecular formula is C17H18ClNO3S. The molecule has 1 heterocycles. The molecule has 1 N–H and O–H groups in total. The summed E-state index contributed by atoms with van der Waals surface area (Å²) in [7, 11) is -3.71. The first-order valence-corrected chi connectivity index (χ1v) is 9.20. The van der Waals surface area contributed by atoms with E-state index in [9.17, 15) is 13.5 Å². The third-order valence-corrected chi connectivity index (χ3v) is 6.36. The van der Waals surface area contributed by atoms with Crippen LogP contribution in [0.1, 0.15) is 29.2 Å². The smallest absolute Gasteiger partial charge is 0.264 e. The first-order valence-electron chi connectivity index (χ1n) is 7.38. The third-order valence-electron chi connectivity index (χ3n) is 4.15. The van der Waals surface area contributed by atoms with Gasteiger partial charge in [0.1, 0.15) is 0 Å². The number of hydrogen-bond donors (Lipinski definition) is 1. The normalized spacial score (nSPS) is 17.9. The molecule has 6 heteroatoms. The van der Waals surface area contributed by atoms with Crippen molar-refractivity contribution in [2.45, 2.75) is 31.3 Å². The summed E-state index contributed by atoms with van der Waals surface area (Å²) in [4.78, 5) is 0.163. The van der Waals surface area contributed by atoms with Crippen molar-refractivity contribution in [1.82, 2.24) is 0 Å². The molecule has 1 atom stereocenters. The van der Waals surface area contributed by atoms with Gasteiger partial charge in [-0.15, -0.1) is 0 Å². The van der Waals surface area contributed by atoms with Crippen LogP contribution >= 0.6 is 11.6 Å². The predicted molar refractivity (Wildman–Crippen MR) is 91.5 cm³/mol. The van der Waals surface area contributed by atoms with Gasteiger partial charge in [0.25, 0.3) is 10.0 Å². The summed E-state index contributed by atoms with van der Waals surface area (Å²) in [6.07, 6.45) is -0.270. The van der Waals surface area contributed by atoms with E-state index in [4.69, 9.17) is 11.6 Å². The number of aliphatic hydroxyl groups is 1. The van der Waals surface area contributed by atoms with Gasteiger partial charge in [-0.2, -0.15) is 0 Å². The summed E-state index contributed by atoms with van der Waals surface area (Å²) in [5, 5.41) is 10.6. The van der Waals surface area contributed by atoms with Crippen LogP contribution in [0.15, 0.2) is 41.3 Å². The summed E-state index contributed by atoms with van der Waals surface area (Å²) in [6.45, 7) is 3.99. The highest BCUT2D eigenvalue weighted by Crippen LogP contribution is 2.37. The number of nitrogens with zero attached hydrogens (tertiary/aromatic N) is 1. The largest absolute Gasteiger partial charge is 0.388 e. The van der Waals surface area contributed by atoms with Crippen LogP contribution in [0.2, 0.25) is 5.02 Å². The van der Waals surface area contributed by atoms with Crippen molar-refractivity contribution >= 4 is 27.3 Å². The van der Waals surface area contributed by atoms with E-state index in [2.05, 4.69) is 0 Å². The fourth-order valence-corrected chi connectivity index (χ4v) is 4.57. The molecule has 1 unspecified atom stereocenters. The summed E-state index contributed by atoms with van der Waals surface area (Å²) in [5.41, 5.74) is 3.00. The van der Waals surface area contributed by atoms with Crippen molar-refractivity contribution in [2.75, 3.05) is 10.8 Å². The second-order valence-corrected chi connectivity index (χ2v) is 8.12. The molecule has 3 rings (SSSR count). The van der Waals surface area contributed by atoms with Crippen LogP contribution in [-0.4, -0.2) is 20.1 Å². The zero-order valence-electron chi connectivity index (χ0n) is 13.0. The number of hydrogen-bond acceptors (Lipinski definition) is 3. The van der Waals surface area contributed by atoms with Crippen LogP contribution in [0.3, 0.4) is 0 Å². The molecule has 23 heavy (non-hydrogen) atoms. The lowest BCUT2D eigenvalue weighted by Crippen LogP contribution is -2.36. The highest BCUT2D eigenvalue weighted by Gasteiger charge is 2.32. The molecule has 122 valence electrons. The zero-order chi connectivity index (χ0) is 16.8. The van der Waals surface area contributed by atoms with Crippen LogP contribution in [0.5, 0.6) is 0 Å². The van der Waals surface area contributed by atoms with Crippen LogP contribution in [0.25, 0.3) is 0 Å². The van der Waals surface area contributed by atoms with Crippen LogP contribution in [0, 0.1) is 13.8 Å². The Bertz CT molecular complexity index is 864. The first-order chi connectivity index (χ1) is 10.8. The molecule has 2 aromatic carbocycles. The molecule has 1 aliphatic heterocycles. The topological polar surface area (TPSA) is 57.6 Å². The Morgan fingerprint density at radius 3 is 2.61 bits per heavy atom. The summed E-state index contributed by atoms with van der Waals surface area (Å²) < 4.78 is 27.3. The SMILES string of the molecule is Cc1ccc2c(c1)C(O)CCN2S(=O)(=O)c1ccc(C)c(Cl)c1. The monoisotopic (exact) mass is 351 g/mol. The maximum atomic E-state index is 13.0. The second kappa shape index (κ2) is 5.82. The number of fused-ring (bicyclic) bond motifs is 1. The van der Waals surface area contributed by atoms with Crippen molar-refractivity contribution in [1.29, 1.82) is 0 Å². The van der Waals surface area contributed by atoms with E-state index >= 15 is 0 Å². The number of rotatable bonds is 2. The van der Waals surface area contributed by atoms with Crippen molar-refractivity contribution in [3.05, 3.63) is 58.1 Å². The average Bonchev–Trinajstić information content (AvgIpc) is 2.50. The number of anilines is 1.